The minimum absolute atomic E-state index is 0.0641. The van der Waals surface area contributed by atoms with Gasteiger partial charge in [-0.15, -0.1) is 0 Å². The number of methoxy groups -OCH3 is 1. The zero-order chi connectivity index (χ0) is 8.20. The van der Waals surface area contributed by atoms with Crippen LogP contribution in [0.2, 0.25) is 0 Å². The molecule has 0 fully saturated rings. The van der Waals surface area contributed by atoms with Crippen LogP contribution in [-0.4, -0.2) is 19.1 Å². The molecule has 10 heavy (non-hydrogen) atoms. The second-order valence-electron chi connectivity index (χ2n) is 2.66. The van der Waals surface area contributed by atoms with Crippen molar-refractivity contribution < 1.29 is 13.5 Å². The van der Waals surface area contributed by atoms with Crippen LogP contribution in [0.3, 0.4) is 0 Å². The molecule has 1 atom stereocenters. The van der Waals surface area contributed by atoms with Crippen molar-refractivity contribution in [2.24, 2.45) is 0 Å². The van der Waals surface area contributed by atoms with Gasteiger partial charge in [-0.3, -0.25) is 0 Å². The lowest BCUT2D eigenvalue weighted by molar-refractivity contribution is -0.00557. The zero-order valence-electron chi connectivity index (χ0n) is 6.66. The Hall–Kier alpha value is -0.180. The fourth-order valence-electron chi connectivity index (χ4n) is 0.575. The van der Waals surface area contributed by atoms with Gasteiger partial charge < -0.3 is 4.74 Å². The lowest BCUT2D eigenvalue weighted by Gasteiger charge is -2.13. The van der Waals surface area contributed by atoms with Gasteiger partial charge in [-0.1, -0.05) is 0 Å². The van der Waals surface area contributed by atoms with Crippen LogP contribution in [0.5, 0.6) is 0 Å². The highest BCUT2D eigenvalue weighted by Crippen LogP contribution is 2.20. The molecule has 0 saturated heterocycles. The van der Waals surface area contributed by atoms with Gasteiger partial charge >= 0.3 is 0 Å². The van der Waals surface area contributed by atoms with Gasteiger partial charge in [-0.05, 0) is 20.3 Å². The van der Waals surface area contributed by atoms with E-state index >= 15 is 0 Å². The summed E-state index contributed by atoms with van der Waals surface area (Å²) in [5.41, 5.74) is 0. The number of hydrogen-bond acceptors (Lipinski definition) is 1. The average molecular weight is 152 g/mol. The SMILES string of the molecule is COC(C)CCC(C)(F)F. The van der Waals surface area contributed by atoms with Gasteiger partial charge in [0.25, 0.3) is 0 Å². The lowest BCUT2D eigenvalue weighted by atomic mass is 10.1. The van der Waals surface area contributed by atoms with Crippen molar-refractivity contribution in [3.8, 4) is 0 Å². The molecule has 0 N–H and O–H groups in total. The summed E-state index contributed by atoms with van der Waals surface area (Å²) in [4.78, 5) is 0. The quantitative estimate of drug-likeness (QED) is 0.601. The Morgan fingerprint density at radius 3 is 2.30 bits per heavy atom. The molecule has 1 unspecified atom stereocenters. The van der Waals surface area contributed by atoms with E-state index < -0.39 is 5.92 Å². The normalized spacial score (nSPS) is 15.3. The maximum atomic E-state index is 12.2. The number of halogens is 2. The van der Waals surface area contributed by atoms with Crippen molar-refractivity contribution in [3.05, 3.63) is 0 Å². The summed E-state index contributed by atoms with van der Waals surface area (Å²) in [6, 6.07) is 0. The maximum absolute atomic E-state index is 12.2. The molecule has 62 valence electrons. The first-order valence-corrected chi connectivity index (χ1v) is 3.36. The molecule has 3 heteroatoms. The van der Waals surface area contributed by atoms with Crippen LogP contribution in [0.15, 0.2) is 0 Å². The van der Waals surface area contributed by atoms with E-state index in [9.17, 15) is 8.78 Å². The predicted octanol–water partition coefficient (Wildman–Crippen LogP) is 2.46. The average Bonchev–Trinajstić information content (AvgIpc) is 1.81. The molecule has 0 aliphatic heterocycles. The Morgan fingerprint density at radius 1 is 1.50 bits per heavy atom. The van der Waals surface area contributed by atoms with Crippen molar-refractivity contribution in [1.29, 1.82) is 0 Å². The van der Waals surface area contributed by atoms with Crippen LogP contribution in [0.1, 0.15) is 26.7 Å². The third-order valence-electron chi connectivity index (χ3n) is 1.39. The van der Waals surface area contributed by atoms with Crippen LogP contribution in [0.25, 0.3) is 0 Å². The summed E-state index contributed by atoms with van der Waals surface area (Å²) in [7, 11) is 1.53. The fourth-order valence-corrected chi connectivity index (χ4v) is 0.575. The smallest absolute Gasteiger partial charge is 0.245 e. The molecule has 0 amide bonds. The van der Waals surface area contributed by atoms with Crippen molar-refractivity contribution in [2.45, 2.75) is 38.7 Å². The first kappa shape index (κ1) is 9.82. The molecule has 0 rings (SSSR count). The Labute approximate surface area is 60.4 Å². The monoisotopic (exact) mass is 152 g/mol. The Kier molecular flexibility index (Phi) is 3.79. The number of ether oxygens (including phenoxy) is 1. The highest BCUT2D eigenvalue weighted by molar-refractivity contribution is 4.60. The molecule has 0 radical (unpaired) electrons. The van der Waals surface area contributed by atoms with Crippen LogP contribution in [0.4, 0.5) is 8.78 Å². The highest BCUT2D eigenvalue weighted by atomic mass is 19.3. The van der Waals surface area contributed by atoms with Crippen LogP contribution >= 0.6 is 0 Å². The molecule has 0 aromatic heterocycles. The van der Waals surface area contributed by atoms with Gasteiger partial charge in [0.2, 0.25) is 5.92 Å². The molecule has 0 aromatic rings. The summed E-state index contributed by atoms with van der Waals surface area (Å²) in [6.45, 7) is 2.71. The van der Waals surface area contributed by atoms with Crippen LogP contribution in [0, 0.1) is 0 Å². The van der Waals surface area contributed by atoms with Crippen LogP contribution < -0.4 is 0 Å². The maximum Gasteiger partial charge on any atom is 0.245 e. The summed E-state index contributed by atoms with van der Waals surface area (Å²) in [5.74, 6) is -2.55. The number of alkyl halides is 2. The zero-order valence-corrected chi connectivity index (χ0v) is 6.66. The Morgan fingerprint density at radius 2 is 2.00 bits per heavy atom. The van der Waals surface area contributed by atoms with Crippen molar-refractivity contribution in [3.63, 3.8) is 0 Å². The van der Waals surface area contributed by atoms with E-state index in [-0.39, 0.29) is 12.5 Å². The summed E-state index contributed by atoms with van der Waals surface area (Å²) < 4.78 is 29.1. The molecule has 0 spiro atoms. The fraction of sp³-hybridized carbons (Fsp3) is 1.00. The summed E-state index contributed by atoms with van der Waals surface area (Å²) in [5, 5.41) is 0. The van der Waals surface area contributed by atoms with Gasteiger partial charge in [0.05, 0.1) is 6.10 Å². The standard InChI is InChI=1S/C7H14F2O/c1-6(10-3)4-5-7(2,8)9/h6H,4-5H2,1-3H3. The van der Waals surface area contributed by atoms with Gasteiger partial charge in [0, 0.05) is 13.5 Å². The number of hydrogen-bond donors (Lipinski definition) is 0. The molecule has 1 nitrogen and oxygen atoms in total. The first-order chi connectivity index (χ1) is 4.45. The number of rotatable bonds is 4. The third kappa shape index (κ3) is 5.95. The molecule has 0 heterocycles. The van der Waals surface area contributed by atoms with Crippen molar-refractivity contribution >= 4 is 0 Å². The highest BCUT2D eigenvalue weighted by Gasteiger charge is 2.21. The summed E-state index contributed by atoms with van der Waals surface area (Å²) >= 11 is 0. The van der Waals surface area contributed by atoms with Crippen LogP contribution in [-0.2, 0) is 4.74 Å². The third-order valence-corrected chi connectivity index (χ3v) is 1.39. The van der Waals surface area contributed by atoms with Gasteiger partial charge in [-0.2, -0.15) is 0 Å². The van der Waals surface area contributed by atoms with Crippen molar-refractivity contribution in [2.75, 3.05) is 7.11 Å². The molecule has 0 aliphatic carbocycles. The van der Waals surface area contributed by atoms with E-state index in [0.717, 1.165) is 6.92 Å². The molecular weight excluding hydrogens is 138 g/mol. The minimum atomic E-state index is -2.55. The van der Waals surface area contributed by atoms with Crippen molar-refractivity contribution in [1.82, 2.24) is 0 Å². The van der Waals surface area contributed by atoms with E-state index in [4.69, 9.17) is 4.74 Å². The van der Waals surface area contributed by atoms with E-state index in [0.29, 0.717) is 6.42 Å². The van der Waals surface area contributed by atoms with E-state index in [2.05, 4.69) is 0 Å². The van der Waals surface area contributed by atoms with E-state index in [1.54, 1.807) is 6.92 Å². The molecule has 0 bridgehead atoms. The largest absolute Gasteiger partial charge is 0.382 e. The Balaban J connectivity index is 3.36. The van der Waals surface area contributed by atoms with Gasteiger partial charge in [-0.25, -0.2) is 8.78 Å². The minimum Gasteiger partial charge on any atom is -0.382 e. The van der Waals surface area contributed by atoms with E-state index in [1.807, 2.05) is 0 Å². The second kappa shape index (κ2) is 3.86. The Bertz CT molecular complexity index is 88.1. The van der Waals surface area contributed by atoms with Gasteiger partial charge in [0.15, 0.2) is 0 Å². The topological polar surface area (TPSA) is 9.23 Å². The summed E-state index contributed by atoms with van der Waals surface area (Å²) in [6.07, 6.45) is 0.257. The van der Waals surface area contributed by atoms with E-state index in [1.165, 1.54) is 7.11 Å². The molecular formula is C7H14F2O. The first-order valence-electron chi connectivity index (χ1n) is 3.36. The molecule has 0 aliphatic rings. The van der Waals surface area contributed by atoms with Gasteiger partial charge in [0.1, 0.15) is 0 Å². The molecule has 0 saturated carbocycles. The second-order valence-corrected chi connectivity index (χ2v) is 2.66. The predicted molar refractivity (Wildman–Crippen MR) is 36.3 cm³/mol. The lowest BCUT2D eigenvalue weighted by Crippen LogP contribution is -2.14. The molecule has 0 aromatic carbocycles.